The molecule has 0 radical (unpaired) electrons. The van der Waals surface area contributed by atoms with Crippen molar-refractivity contribution in [2.75, 3.05) is 12.8 Å². The first-order valence-electron chi connectivity index (χ1n) is 8.25. The molecule has 3 rings (SSSR count). The Labute approximate surface area is 156 Å². The predicted molar refractivity (Wildman–Crippen MR) is 102 cm³/mol. The number of carbonyl (C=O) groups excluding carboxylic acids is 1. The molecule has 1 amide bonds. The van der Waals surface area contributed by atoms with E-state index in [0.29, 0.717) is 4.90 Å². The van der Waals surface area contributed by atoms with Crippen molar-refractivity contribution in [2.45, 2.75) is 10.9 Å². The molecule has 0 spiro atoms. The van der Waals surface area contributed by atoms with Crippen LogP contribution in [0.25, 0.3) is 0 Å². The molecule has 0 saturated heterocycles. The molecule has 0 aliphatic heterocycles. The van der Waals surface area contributed by atoms with Crippen molar-refractivity contribution in [1.29, 1.82) is 0 Å². The molecule has 1 unspecified atom stereocenters. The Morgan fingerprint density at radius 2 is 1.73 bits per heavy atom. The van der Waals surface area contributed by atoms with Gasteiger partial charge in [0.1, 0.15) is 5.82 Å². The van der Waals surface area contributed by atoms with Crippen molar-refractivity contribution in [1.82, 2.24) is 9.88 Å². The van der Waals surface area contributed by atoms with Gasteiger partial charge in [0.2, 0.25) is 5.91 Å². The monoisotopic (exact) mass is 366 g/mol. The first-order chi connectivity index (χ1) is 12.7. The van der Waals surface area contributed by atoms with Gasteiger partial charge in [-0.2, -0.15) is 0 Å². The topological polar surface area (TPSA) is 33.2 Å². The van der Waals surface area contributed by atoms with Crippen LogP contribution in [0.4, 0.5) is 4.39 Å². The molecule has 0 fully saturated rings. The highest BCUT2D eigenvalue weighted by atomic mass is 32.2. The van der Waals surface area contributed by atoms with Crippen LogP contribution in [0.5, 0.6) is 0 Å². The summed E-state index contributed by atoms with van der Waals surface area (Å²) in [5, 5.41) is 0. The molecule has 26 heavy (non-hydrogen) atoms. The average molecular weight is 366 g/mol. The zero-order valence-electron chi connectivity index (χ0n) is 14.4. The van der Waals surface area contributed by atoms with Crippen molar-refractivity contribution in [2.24, 2.45) is 0 Å². The highest BCUT2D eigenvalue weighted by molar-refractivity contribution is 8.00. The second-order valence-electron chi connectivity index (χ2n) is 5.79. The fourth-order valence-corrected chi connectivity index (χ4v) is 3.58. The molecular weight excluding hydrogens is 347 g/mol. The van der Waals surface area contributed by atoms with Crippen LogP contribution in [0.1, 0.15) is 17.3 Å². The van der Waals surface area contributed by atoms with E-state index in [2.05, 4.69) is 4.98 Å². The number of benzene rings is 2. The van der Waals surface area contributed by atoms with Gasteiger partial charge in [0.05, 0.1) is 17.5 Å². The van der Waals surface area contributed by atoms with E-state index in [1.54, 1.807) is 36.3 Å². The van der Waals surface area contributed by atoms with Crippen LogP contribution < -0.4 is 0 Å². The maximum atomic E-state index is 13.8. The number of hydrogen-bond acceptors (Lipinski definition) is 3. The van der Waals surface area contributed by atoms with Crippen LogP contribution in [-0.4, -0.2) is 28.6 Å². The molecule has 2 aromatic carbocycles. The maximum Gasteiger partial charge on any atom is 0.233 e. The summed E-state index contributed by atoms with van der Waals surface area (Å²) in [4.78, 5) is 19.3. The Balaban J connectivity index is 1.80. The van der Waals surface area contributed by atoms with Gasteiger partial charge in [-0.15, -0.1) is 11.8 Å². The van der Waals surface area contributed by atoms with Crippen LogP contribution in [-0.2, 0) is 4.79 Å². The number of hydrogen-bond donors (Lipinski definition) is 0. The first kappa shape index (κ1) is 18.1. The third kappa shape index (κ3) is 4.29. The standard InChI is InChI=1S/C21H19FN2OS/c1-24(20(25)15-26-19-13-6-5-11-17(19)22)21(16-9-3-2-4-10-16)18-12-7-8-14-23-18/h2-14,21H,15H2,1H3. The third-order valence-electron chi connectivity index (χ3n) is 4.05. The molecule has 0 aliphatic rings. The number of nitrogens with zero attached hydrogens (tertiary/aromatic N) is 2. The summed E-state index contributed by atoms with van der Waals surface area (Å²) in [6.45, 7) is 0. The van der Waals surface area contributed by atoms with Crippen molar-refractivity contribution in [3.8, 4) is 0 Å². The molecule has 1 aromatic heterocycles. The molecule has 5 heteroatoms. The van der Waals surface area contributed by atoms with Crippen LogP contribution in [0.15, 0.2) is 83.9 Å². The van der Waals surface area contributed by atoms with Crippen LogP contribution in [0.3, 0.4) is 0 Å². The van der Waals surface area contributed by atoms with Gasteiger partial charge in [0.25, 0.3) is 0 Å². The molecule has 1 atom stereocenters. The lowest BCUT2D eigenvalue weighted by Crippen LogP contribution is -2.33. The van der Waals surface area contributed by atoms with Crippen molar-refractivity contribution in [3.05, 3.63) is 96.1 Å². The van der Waals surface area contributed by atoms with Crippen molar-refractivity contribution < 1.29 is 9.18 Å². The second-order valence-corrected chi connectivity index (χ2v) is 6.81. The summed E-state index contributed by atoms with van der Waals surface area (Å²) in [5.74, 6) is -0.233. The van der Waals surface area contributed by atoms with E-state index >= 15 is 0 Å². The average Bonchev–Trinajstić information content (AvgIpc) is 2.69. The number of amides is 1. The summed E-state index contributed by atoms with van der Waals surface area (Å²) >= 11 is 1.20. The Bertz CT molecular complexity index is 819. The Morgan fingerprint density at radius 1 is 1.04 bits per heavy atom. The van der Waals surface area contributed by atoms with Crippen molar-refractivity contribution in [3.63, 3.8) is 0 Å². The summed E-state index contributed by atoms with van der Waals surface area (Å²) in [7, 11) is 1.76. The molecule has 0 aliphatic carbocycles. The van der Waals surface area contributed by atoms with E-state index in [0.717, 1.165) is 11.3 Å². The number of carbonyl (C=O) groups is 1. The highest BCUT2D eigenvalue weighted by Gasteiger charge is 2.24. The molecule has 132 valence electrons. The lowest BCUT2D eigenvalue weighted by atomic mass is 10.0. The van der Waals surface area contributed by atoms with E-state index in [1.165, 1.54) is 17.8 Å². The summed E-state index contributed by atoms with van der Waals surface area (Å²) < 4.78 is 13.8. The van der Waals surface area contributed by atoms with Gasteiger partial charge in [-0.25, -0.2) is 4.39 Å². The number of halogens is 1. The number of aromatic nitrogens is 1. The smallest absolute Gasteiger partial charge is 0.233 e. The molecule has 0 bridgehead atoms. The quantitative estimate of drug-likeness (QED) is 0.600. The lowest BCUT2D eigenvalue weighted by Gasteiger charge is -2.28. The predicted octanol–water partition coefficient (Wildman–Crippen LogP) is 4.56. The molecule has 0 saturated carbocycles. The van der Waals surface area contributed by atoms with Crippen LogP contribution in [0, 0.1) is 5.82 Å². The lowest BCUT2D eigenvalue weighted by molar-refractivity contribution is -0.128. The zero-order chi connectivity index (χ0) is 18.4. The third-order valence-corrected chi connectivity index (χ3v) is 5.09. The minimum absolute atomic E-state index is 0.0854. The SMILES string of the molecule is CN(C(=O)CSc1ccccc1F)C(c1ccccc1)c1ccccn1. The molecular formula is C21H19FN2OS. The zero-order valence-corrected chi connectivity index (χ0v) is 15.2. The van der Waals surface area contributed by atoms with Gasteiger partial charge in [0.15, 0.2) is 0 Å². The number of thioether (sulfide) groups is 1. The normalized spacial score (nSPS) is 11.8. The van der Waals surface area contributed by atoms with E-state index < -0.39 is 0 Å². The van der Waals surface area contributed by atoms with Crippen LogP contribution in [0.2, 0.25) is 0 Å². The largest absolute Gasteiger partial charge is 0.332 e. The van der Waals surface area contributed by atoms with Gasteiger partial charge < -0.3 is 4.90 Å². The molecule has 3 nitrogen and oxygen atoms in total. The van der Waals surface area contributed by atoms with Gasteiger partial charge in [-0.3, -0.25) is 9.78 Å². The van der Waals surface area contributed by atoms with Gasteiger partial charge in [-0.05, 0) is 29.8 Å². The molecule has 0 N–H and O–H groups in total. The molecule has 1 heterocycles. The van der Waals surface area contributed by atoms with Crippen molar-refractivity contribution >= 4 is 17.7 Å². The van der Waals surface area contributed by atoms with Gasteiger partial charge >= 0.3 is 0 Å². The fourth-order valence-electron chi connectivity index (χ4n) is 2.71. The van der Waals surface area contributed by atoms with Gasteiger partial charge in [-0.1, -0.05) is 48.5 Å². The maximum absolute atomic E-state index is 13.8. The van der Waals surface area contributed by atoms with E-state index in [1.807, 2.05) is 48.5 Å². The highest BCUT2D eigenvalue weighted by Crippen LogP contribution is 2.28. The summed E-state index contributed by atoms with van der Waals surface area (Å²) in [6.07, 6.45) is 1.72. The van der Waals surface area contributed by atoms with Gasteiger partial charge in [0, 0.05) is 18.1 Å². The summed E-state index contributed by atoms with van der Waals surface area (Å²) in [5.41, 5.74) is 1.78. The van der Waals surface area contributed by atoms with Crippen LogP contribution >= 0.6 is 11.8 Å². The number of rotatable bonds is 6. The minimum Gasteiger partial charge on any atom is -0.332 e. The Hall–Kier alpha value is -2.66. The Kier molecular flexibility index (Phi) is 6.02. The molecule has 3 aromatic rings. The van der Waals surface area contributed by atoms with E-state index in [-0.39, 0.29) is 23.5 Å². The number of pyridine rings is 1. The van der Waals surface area contributed by atoms with E-state index in [9.17, 15) is 9.18 Å². The first-order valence-corrected chi connectivity index (χ1v) is 9.24. The minimum atomic E-state index is -0.308. The second kappa shape index (κ2) is 8.63. The Morgan fingerprint density at radius 3 is 2.42 bits per heavy atom. The van der Waals surface area contributed by atoms with E-state index in [4.69, 9.17) is 0 Å². The fraction of sp³-hybridized carbons (Fsp3) is 0.143. The summed E-state index contributed by atoms with van der Waals surface area (Å²) in [6, 6.07) is 21.6.